The fourth-order valence-electron chi connectivity index (χ4n) is 4.63. The minimum absolute atomic E-state index is 0.0447. The summed E-state index contributed by atoms with van der Waals surface area (Å²) in [6.45, 7) is 6.97. The third kappa shape index (κ3) is 11.1. The van der Waals surface area contributed by atoms with E-state index in [1.807, 2.05) is 0 Å². The van der Waals surface area contributed by atoms with Gasteiger partial charge in [-0.25, -0.2) is 38.5 Å². The summed E-state index contributed by atoms with van der Waals surface area (Å²) in [7, 11) is 0. The van der Waals surface area contributed by atoms with Crippen LogP contribution >= 0.6 is 0 Å². The minimum atomic E-state index is -0.918. The average molecular weight is 691 g/mol. The molecule has 2 aliphatic heterocycles. The molecule has 2 aromatic carbocycles. The lowest BCUT2D eigenvalue weighted by Gasteiger charge is -2.17. The standard InChI is InChI=1S/C36H34O14/c1-3-29(37)43-19-5-6-20-44-31(39)17-11-23-7-13-25(14-8-23)35(41)47-27-21-45-34-28(22-46-33(27)34)48-36(42)26-15-9-24(10-16-26)12-18-32(40)50-49-30(38)4-2/h3-4,7-18,27-28,33-34H,1-2,5-6,19-22H2/b17-11+,18-12+/t27-,28-,33?,34?/m1/s1. The zero-order valence-corrected chi connectivity index (χ0v) is 26.8. The lowest BCUT2D eigenvalue weighted by atomic mass is 10.1. The molecule has 2 aliphatic rings. The fourth-order valence-corrected chi connectivity index (χ4v) is 4.63. The van der Waals surface area contributed by atoms with Crippen LogP contribution < -0.4 is 0 Å². The summed E-state index contributed by atoms with van der Waals surface area (Å²) in [4.78, 5) is 79.6. The zero-order chi connectivity index (χ0) is 35.9. The van der Waals surface area contributed by atoms with Gasteiger partial charge >= 0.3 is 35.8 Å². The average Bonchev–Trinajstić information content (AvgIpc) is 3.73. The Labute approximate surface area is 286 Å². The molecule has 0 radical (unpaired) electrons. The topological polar surface area (TPSA) is 176 Å². The van der Waals surface area contributed by atoms with Crippen LogP contribution in [0.3, 0.4) is 0 Å². The van der Waals surface area contributed by atoms with Gasteiger partial charge in [-0.2, -0.15) is 0 Å². The quantitative estimate of drug-likeness (QED) is 0.0663. The maximum absolute atomic E-state index is 12.8. The van der Waals surface area contributed by atoms with Crippen molar-refractivity contribution in [2.75, 3.05) is 26.4 Å². The van der Waals surface area contributed by atoms with Gasteiger partial charge in [0.25, 0.3) is 0 Å². The molecule has 0 N–H and O–H groups in total. The van der Waals surface area contributed by atoms with Gasteiger partial charge in [-0.1, -0.05) is 37.4 Å². The monoisotopic (exact) mass is 690 g/mol. The largest absolute Gasteiger partial charge is 0.463 e. The maximum Gasteiger partial charge on any atom is 0.379 e. The number of hydrogen-bond acceptors (Lipinski definition) is 14. The van der Waals surface area contributed by atoms with Gasteiger partial charge in [-0.05, 0) is 60.4 Å². The van der Waals surface area contributed by atoms with Crippen molar-refractivity contribution in [2.45, 2.75) is 37.3 Å². The highest BCUT2D eigenvalue weighted by Gasteiger charge is 2.51. The highest BCUT2D eigenvalue weighted by atomic mass is 17.2. The third-order valence-electron chi connectivity index (χ3n) is 7.16. The first-order valence-corrected chi connectivity index (χ1v) is 15.4. The summed E-state index contributed by atoms with van der Waals surface area (Å²) >= 11 is 0. The van der Waals surface area contributed by atoms with Crippen LogP contribution in [0.4, 0.5) is 0 Å². The molecule has 2 saturated heterocycles. The fraction of sp³-hybridized carbons (Fsp3) is 0.278. The van der Waals surface area contributed by atoms with Crippen molar-refractivity contribution < 1.29 is 67.0 Å². The Morgan fingerprint density at radius 1 is 0.600 bits per heavy atom. The van der Waals surface area contributed by atoms with Gasteiger partial charge in [0.15, 0.2) is 12.2 Å². The molecule has 0 aliphatic carbocycles. The van der Waals surface area contributed by atoms with E-state index in [4.69, 9.17) is 28.4 Å². The van der Waals surface area contributed by atoms with Crippen molar-refractivity contribution in [3.05, 3.63) is 108 Å². The van der Waals surface area contributed by atoms with Gasteiger partial charge in [0.1, 0.15) is 12.2 Å². The van der Waals surface area contributed by atoms with Crippen LogP contribution in [-0.4, -0.2) is 86.7 Å². The van der Waals surface area contributed by atoms with Crippen molar-refractivity contribution in [1.82, 2.24) is 0 Å². The Kier molecular flexibility index (Phi) is 13.8. The number of unbranched alkanes of at least 4 members (excludes halogenated alkanes) is 1. The Morgan fingerprint density at radius 3 is 1.48 bits per heavy atom. The Balaban J connectivity index is 1.18. The van der Waals surface area contributed by atoms with Crippen LogP contribution in [0.25, 0.3) is 12.2 Å². The molecule has 2 fully saturated rings. The minimum Gasteiger partial charge on any atom is -0.463 e. The number of ether oxygens (including phenoxy) is 6. The molecule has 262 valence electrons. The third-order valence-corrected chi connectivity index (χ3v) is 7.16. The molecule has 2 aromatic rings. The lowest BCUT2D eigenvalue weighted by molar-refractivity contribution is -0.250. The summed E-state index contributed by atoms with van der Waals surface area (Å²) in [5, 5.41) is 0. The first-order chi connectivity index (χ1) is 24.2. The number of carbonyl (C=O) groups excluding carboxylic acids is 6. The van der Waals surface area contributed by atoms with Crippen LogP contribution in [0, 0.1) is 0 Å². The molecule has 0 saturated carbocycles. The molecule has 4 rings (SSSR count). The summed E-state index contributed by atoms with van der Waals surface area (Å²) in [5.74, 6) is -4.10. The molecule has 14 heteroatoms. The molecule has 4 atom stereocenters. The number of esters is 4. The van der Waals surface area contributed by atoms with E-state index in [0.717, 1.165) is 18.2 Å². The van der Waals surface area contributed by atoms with E-state index in [2.05, 4.69) is 22.9 Å². The number of hydrogen-bond donors (Lipinski definition) is 0. The highest BCUT2D eigenvalue weighted by molar-refractivity contribution is 5.92. The van der Waals surface area contributed by atoms with Crippen molar-refractivity contribution in [3.8, 4) is 0 Å². The number of carbonyl (C=O) groups is 6. The van der Waals surface area contributed by atoms with Crippen LogP contribution in [0.1, 0.15) is 44.7 Å². The maximum atomic E-state index is 12.8. The van der Waals surface area contributed by atoms with Crippen LogP contribution in [0.15, 0.2) is 86.0 Å². The van der Waals surface area contributed by atoms with E-state index in [1.165, 1.54) is 24.3 Å². The van der Waals surface area contributed by atoms with Gasteiger partial charge in [-0.15, -0.1) is 0 Å². The predicted molar refractivity (Wildman–Crippen MR) is 173 cm³/mol. The molecule has 50 heavy (non-hydrogen) atoms. The van der Waals surface area contributed by atoms with E-state index >= 15 is 0 Å². The first kappa shape index (κ1) is 37.0. The van der Waals surface area contributed by atoms with Gasteiger partial charge in [0.05, 0.1) is 37.6 Å². The van der Waals surface area contributed by atoms with Gasteiger partial charge in [0.2, 0.25) is 0 Å². The van der Waals surface area contributed by atoms with E-state index in [9.17, 15) is 28.8 Å². The molecule has 0 spiro atoms. The Bertz CT molecular complexity index is 1620. The molecular weight excluding hydrogens is 656 g/mol. The first-order valence-electron chi connectivity index (χ1n) is 15.4. The summed E-state index contributed by atoms with van der Waals surface area (Å²) < 4.78 is 32.8. The molecule has 0 bridgehead atoms. The van der Waals surface area contributed by atoms with Crippen LogP contribution in [0.5, 0.6) is 0 Å². The Hall–Kier alpha value is -5.86. The second-order valence-corrected chi connectivity index (χ2v) is 10.6. The van der Waals surface area contributed by atoms with Gasteiger partial charge in [0, 0.05) is 24.3 Å². The van der Waals surface area contributed by atoms with E-state index in [-0.39, 0.29) is 37.6 Å². The molecule has 2 heterocycles. The second kappa shape index (κ2) is 18.6. The van der Waals surface area contributed by atoms with Crippen LogP contribution in [0.2, 0.25) is 0 Å². The molecule has 0 aromatic heterocycles. The Morgan fingerprint density at radius 2 is 1.02 bits per heavy atom. The molecular formula is C36H34O14. The van der Waals surface area contributed by atoms with Gasteiger partial charge < -0.3 is 28.4 Å². The smallest absolute Gasteiger partial charge is 0.379 e. The van der Waals surface area contributed by atoms with Crippen molar-refractivity contribution in [2.24, 2.45) is 0 Å². The number of fused-ring (bicyclic) bond motifs is 1. The van der Waals surface area contributed by atoms with Gasteiger partial charge in [-0.3, -0.25) is 0 Å². The SMILES string of the molecule is C=CC(=O)OCCCCOC(=O)/C=C/c1ccc(C(=O)O[C@@H]2COC3C2OC[C@H]3OC(=O)c2ccc(/C=C/C(=O)OOC(=O)C=C)cc2)cc1. The lowest BCUT2D eigenvalue weighted by Crippen LogP contribution is -2.36. The highest BCUT2D eigenvalue weighted by Crippen LogP contribution is 2.31. The van der Waals surface area contributed by atoms with Crippen molar-refractivity contribution in [1.29, 1.82) is 0 Å². The van der Waals surface area contributed by atoms with Crippen molar-refractivity contribution in [3.63, 3.8) is 0 Å². The summed E-state index contributed by atoms with van der Waals surface area (Å²) in [6.07, 6.45) is 5.51. The molecule has 14 nitrogen and oxygen atoms in total. The van der Waals surface area contributed by atoms with Crippen LogP contribution in [-0.2, 0) is 57.4 Å². The molecule has 0 amide bonds. The molecule has 2 unspecified atom stereocenters. The van der Waals surface area contributed by atoms with E-state index < -0.39 is 60.2 Å². The van der Waals surface area contributed by atoms with E-state index in [0.29, 0.717) is 24.0 Å². The second-order valence-electron chi connectivity index (χ2n) is 10.6. The number of benzene rings is 2. The van der Waals surface area contributed by atoms with E-state index in [1.54, 1.807) is 42.5 Å². The zero-order valence-electron chi connectivity index (χ0n) is 26.8. The van der Waals surface area contributed by atoms with Crippen molar-refractivity contribution >= 4 is 48.0 Å². The normalized spacial score (nSPS) is 19.3. The number of rotatable bonds is 15. The summed E-state index contributed by atoms with van der Waals surface area (Å²) in [6, 6.07) is 12.5. The predicted octanol–water partition coefficient (Wildman–Crippen LogP) is 3.50. The summed E-state index contributed by atoms with van der Waals surface area (Å²) in [5.41, 5.74) is 1.73.